The van der Waals surface area contributed by atoms with Gasteiger partial charge in [-0.2, -0.15) is 0 Å². The molecule has 0 atom stereocenters. The summed E-state index contributed by atoms with van der Waals surface area (Å²) in [5.74, 6) is 0. The molecule has 0 N–H and O–H groups in total. The highest BCUT2D eigenvalue weighted by Gasteiger charge is 2.39. The van der Waals surface area contributed by atoms with E-state index in [1.165, 1.54) is 15.3 Å². The van der Waals surface area contributed by atoms with Crippen LogP contribution in [0.2, 0.25) is 22.5 Å². The molecule has 0 aliphatic carbocycles. The Morgan fingerprint density at radius 2 is 1.59 bits per heavy atom. The molecule has 0 saturated heterocycles. The molecule has 0 fully saturated rings. The van der Waals surface area contributed by atoms with Gasteiger partial charge in [-0.15, -0.1) is 11.3 Å². The number of hydrogen-bond donors (Lipinski definition) is 0. The molecule has 0 spiro atoms. The number of fused-ring (bicyclic) bond motifs is 1. The van der Waals surface area contributed by atoms with E-state index in [4.69, 9.17) is 11.6 Å². The molecule has 3 heteroatoms. The Morgan fingerprint density at radius 3 is 2.12 bits per heavy atom. The Labute approximate surface area is 114 Å². The molecule has 1 aromatic carbocycles. The second-order valence-corrected chi connectivity index (χ2v) is 13.4. The largest absolute Gasteiger partial charge is 0.132 e. The smallest absolute Gasteiger partial charge is 0.101 e. The van der Waals surface area contributed by atoms with E-state index in [0.717, 1.165) is 4.34 Å². The fourth-order valence-corrected chi connectivity index (χ4v) is 7.02. The van der Waals surface area contributed by atoms with Gasteiger partial charge in [-0.25, -0.2) is 0 Å². The highest BCUT2D eigenvalue weighted by Crippen LogP contribution is 2.40. The van der Waals surface area contributed by atoms with Crippen LogP contribution >= 0.6 is 22.9 Å². The lowest BCUT2D eigenvalue weighted by Crippen LogP contribution is -2.48. The first-order valence-corrected chi connectivity index (χ1v) is 10.1. The summed E-state index contributed by atoms with van der Waals surface area (Å²) in [6.45, 7) is 11.9. The topological polar surface area (TPSA) is 0 Å². The van der Waals surface area contributed by atoms with Crippen molar-refractivity contribution in [2.24, 2.45) is 0 Å². The van der Waals surface area contributed by atoms with Gasteiger partial charge in [0.2, 0.25) is 0 Å². The number of thiophene rings is 1. The second kappa shape index (κ2) is 4.11. The van der Waals surface area contributed by atoms with Gasteiger partial charge in [-0.1, -0.05) is 69.7 Å². The molecule has 0 unspecified atom stereocenters. The maximum atomic E-state index is 6.37. The van der Waals surface area contributed by atoms with Crippen molar-refractivity contribution in [2.45, 2.75) is 38.9 Å². The Bertz CT molecular complexity index is 549. The Morgan fingerprint density at radius 1 is 1.06 bits per heavy atom. The third-order valence-corrected chi connectivity index (χ3v) is 12.3. The SMILES string of the molecule is CC(C)(C)[Si](C)(C)c1sc(Cl)c2ccccc12. The number of rotatable bonds is 1. The molecule has 1 heterocycles. The molecule has 1 aromatic heterocycles. The zero-order valence-corrected chi connectivity index (χ0v) is 13.7. The van der Waals surface area contributed by atoms with Crippen LogP contribution in [0.4, 0.5) is 0 Å². The maximum Gasteiger partial charge on any atom is 0.101 e. The van der Waals surface area contributed by atoms with Crippen LogP contribution < -0.4 is 4.50 Å². The van der Waals surface area contributed by atoms with E-state index >= 15 is 0 Å². The van der Waals surface area contributed by atoms with Gasteiger partial charge in [0.05, 0.1) is 8.07 Å². The highest BCUT2D eigenvalue weighted by molar-refractivity contribution is 7.31. The molecular weight excluding hydrogens is 264 g/mol. The molecule has 0 aliphatic heterocycles. The van der Waals surface area contributed by atoms with Gasteiger partial charge in [0.25, 0.3) is 0 Å². The lowest BCUT2D eigenvalue weighted by molar-refractivity contribution is 0.730. The van der Waals surface area contributed by atoms with Crippen molar-refractivity contribution in [1.29, 1.82) is 0 Å². The van der Waals surface area contributed by atoms with Crippen LogP contribution in [0.25, 0.3) is 10.8 Å². The van der Waals surface area contributed by atoms with Crippen LogP contribution in [0, 0.1) is 0 Å². The zero-order valence-electron chi connectivity index (χ0n) is 11.1. The van der Waals surface area contributed by atoms with E-state index in [2.05, 4.69) is 58.1 Å². The summed E-state index contributed by atoms with van der Waals surface area (Å²) in [5, 5.41) is 2.94. The van der Waals surface area contributed by atoms with Gasteiger partial charge < -0.3 is 0 Å². The molecule has 0 bridgehead atoms. The quantitative estimate of drug-likeness (QED) is 0.625. The molecule has 0 saturated carbocycles. The Kier molecular flexibility index (Phi) is 3.17. The van der Waals surface area contributed by atoms with Gasteiger partial charge in [-0.05, 0) is 14.9 Å². The van der Waals surface area contributed by atoms with Crippen molar-refractivity contribution in [1.82, 2.24) is 0 Å². The van der Waals surface area contributed by atoms with Gasteiger partial charge >= 0.3 is 0 Å². The van der Waals surface area contributed by atoms with Gasteiger partial charge in [0.1, 0.15) is 4.34 Å². The number of halogens is 1. The van der Waals surface area contributed by atoms with Crippen LogP contribution in [0.1, 0.15) is 20.8 Å². The molecular formula is C14H19ClSSi. The summed E-state index contributed by atoms with van der Waals surface area (Å²) < 4.78 is 2.48. The fourth-order valence-electron chi connectivity index (χ4n) is 1.86. The highest BCUT2D eigenvalue weighted by atomic mass is 35.5. The van der Waals surface area contributed by atoms with Crippen molar-refractivity contribution >= 4 is 46.3 Å². The molecule has 0 nitrogen and oxygen atoms in total. The molecule has 2 rings (SSSR count). The van der Waals surface area contributed by atoms with E-state index in [0.29, 0.717) is 5.04 Å². The molecule has 92 valence electrons. The summed E-state index contributed by atoms with van der Waals surface area (Å²) in [6.07, 6.45) is 0. The van der Waals surface area contributed by atoms with Crippen LogP contribution in [0.15, 0.2) is 24.3 Å². The standard InChI is InChI=1S/C14H19ClSSi/c1-14(2,3)17(4,5)13-11-9-7-6-8-10(11)12(15)16-13/h6-9H,1-5H3. The van der Waals surface area contributed by atoms with Gasteiger partial charge in [-0.3, -0.25) is 0 Å². The van der Waals surface area contributed by atoms with Gasteiger partial charge in [0.15, 0.2) is 0 Å². The summed E-state index contributed by atoms with van der Waals surface area (Å²) in [7, 11) is -1.49. The number of hydrogen-bond acceptors (Lipinski definition) is 1. The van der Waals surface area contributed by atoms with E-state index in [9.17, 15) is 0 Å². The molecule has 17 heavy (non-hydrogen) atoms. The second-order valence-electron chi connectivity index (χ2n) is 6.13. The van der Waals surface area contributed by atoms with Crippen molar-refractivity contribution in [3.63, 3.8) is 0 Å². The molecule has 0 radical (unpaired) electrons. The van der Waals surface area contributed by atoms with E-state index in [1.807, 2.05) is 0 Å². The van der Waals surface area contributed by atoms with Crippen molar-refractivity contribution < 1.29 is 0 Å². The first-order valence-electron chi connectivity index (χ1n) is 5.92. The number of benzene rings is 1. The Hall–Kier alpha value is -0.313. The first kappa shape index (κ1) is 13.1. The minimum atomic E-state index is -1.49. The third kappa shape index (κ3) is 2.07. The van der Waals surface area contributed by atoms with Crippen molar-refractivity contribution in [3.05, 3.63) is 28.6 Å². The summed E-state index contributed by atoms with van der Waals surface area (Å²) >= 11 is 8.16. The Balaban J connectivity index is 2.72. The lowest BCUT2D eigenvalue weighted by atomic mass is 10.2. The van der Waals surface area contributed by atoms with Crippen LogP contribution in [0.3, 0.4) is 0 Å². The van der Waals surface area contributed by atoms with E-state index in [-0.39, 0.29) is 0 Å². The molecule has 2 aromatic rings. The minimum absolute atomic E-state index is 0.351. The van der Waals surface area contributed by atoms with Crippen LogP contribution in [-0.4, -0.2) is 8.07 Å². The van der Waals surface area contributed by atoms with E-state index in [1.54, 1.807) is 11.3 Å². The third-order valence-electron chi connectivity index (χ3n) is 4.02. The lowest BCUT2D eigenvalue weighted by Gasteiger charge is -2.36. The average molecular weight is 283 g/mol. The minimum Gasteiger partial charge on any atom is -0.132 e. The van der Waals surface area contributed by atoms with Crippen molar-refractivity contribution in [3.8, 4) is 0 Å². The van der Waals surface area contributed by atoms with Gasteiger partial charge in [0, 0.05) is 5.39 Å². The fraction of sp³-hybridized carbons (Fsp3) is 0.429. The normalized spacial score (nSPS) is 13.3. The van der Waals surface area contributed by atoms with E-state index < -0.39 is 8.07 Å². The first-order chi connectivity index (χ1) is 7.75. The molecule has 0 aliphatic rings. The summed E-state index contributed by atoms with van der Waals surface area (Å²) in [6, 6.07) is 8.52. The molecule has 0 amide bonds. The predicted octanol–water partition coefficient (Wildman–Crippen LogP) is 5.27. The summed E-state index contributed by atoms with van der Waals surface area (Å²) in [4.78, 5) is 0. The monoisotopic (exact) mass is 282 g/mol. The van der Waals surface area contributed by atoms with Crippen molar-refractivity contribution in [2.75, 3.05) is 0 Å². The summed E-state index contributed by atoms with van der Waals surface area (Å²) in [5.41, 5.74) is 0. The average Bonchev–Trinajstić information content (AvgIpc) is 2.56. The maximum absolute atomic E-state index is 6.37. The van der Waals surface area contributed by atoms with Crippen LogP contribution in [0.5, 0.6) is 0 Å². The predicted molar refractivity (Wildman–Crippen MR) is 83.7 cm³/mol. The zero-order chi connectivity index (χ0) is 12.8. The van der Waals surface area contributed by atoms with Crippen LogP contribution in [-0.2, 0) is 0 Å².